The third-order valence-corrected chi connectivity index (χ3v) is 8.04. The number of carbonyl (C=O) groups is 2. The Morgan fingerprint density at radius 1 is 1.08 bits per heavy atom. The number of rotatable bonds is 13. The topological polar surface area (TPSA) is 105 Å². The van der Waals surface area contributed by atoms with Crippen LogP contribution < -0.4 is 19.1 Å². The zero-order valence-electron chi connectivity index (χ0n) is 22.3. The number of anilines is 1. The molecule has 38 heavy (non-hydrogen) atoms. The van der Waals surface area contributed by atoms with E-state index in [1.165, 1.54) is 4.31 Å². The van der Waals surface area contributed by atoms with Gasteiger partial charge in [0, 0.05) is 36.6 Å². The van der Waals surface area contributed by atoms with E-state index < -0.39 is 16.1 Å². The van der Waals surface area contributed by atoms with E-state index in [0.29, 0.717) is 28.6 Å². The fourth-order valence-corrected chi connectivity index (χ4v) is 5.37. The molecule has 2 aromatic rings. The van der Waals surface area contributed by atoms with E-state index >= 15 is 0 Å². The Morgan fingerprint density at radius 3 is 2.45 bits per heavy atom. The molecule has 0 aliphatic carbocycles. The van der Waals surface area contributed by atoms with Gasteiger partial charge in [0.15, 0.2) is 11.5 Å². The van der Waals surface area contributed by atoms with Crippen molar-refractivity contribution < 1.29 is 27.5 Å². The summed E-state index contributed by atoms with van der Waals surface area (Å²) in [6, 6.07) is 11.4. The molecule has 3 rings (SSSR count). The minimum Gasteiger partial charge on any atom is -0.454 e. The van der Waals surface area contributed by atoms with Crippen molar-refractivity contribution in [1.82, 2.24) is 10.2 Å². The monoisotopic (exact) mass is 565 g/mol. The number of benzene rings is 2. The number of amides is 2. The quantitative estimate of drug-likeness (QED) is 0.387. The van der Waals surface area contributed by atoms with Gasteiger partial charge in [-0.1, -0.05) is 43.6 Å². The molecule has 11 heteroatoms. The molecule has 0 aromatic heterocycles. The van der Waals surface area contributed by atoms with Crippen molar-refractivity contribution in [3.05, 3.63) is 53.1 Å². The molecule has 2 atom stereocenters. The Hall–Kier alpha value is -2.98. The standard InChI is InChI=1S/C27H36ClN3O6S/c1-5-19(3)29-27(33)23(6-2)30(17-20-10-7-8-11-22(20)28)26(32)12-9-15-31(38(4,34)35)21-13-14-24-25(16-21)37-18-36-24/h7-8,10-11,13-14,16,19,23H,5-6,9,12,15,17-18H2,1-4H3,(H,29,33). The smallest absolute Gasteiger partial charge is 0.243 e. The van der Waals surface area contributed by atoms with Crippen LogP contribution in [-0.2, 0) is 26.2 Å². The molecule has 1 aliphatic rings. The van der Waals surface area contributed by atoms with Crippen LogP contribution in [0.4, 0.5) is 5.69 Å². The Kier molecular flexibility index (Phi) is 10.3. The summed E-state index contributed by atoms with van der Waals surface area (Å²) in [6.07, 6.45) is 2.61. The first kappa shape index (κ1) is 29.6. The normalized spacial score (nSPS) is 14.0. The number of nitrogens with one attached hydrogen (secondary N) is 1. The second kappa shape index (κ2) is 13.2. The second-order valence-corrected chi connectivity index (χ2v) is 11.6. The molecule has 2 aromatic carbocycles. The Balaban J connectivity index is 1.77. The third-order valence-electron chi connectivity index (χ3n) is 6.48. The lowest BCUT2D eigenvalue weighted by molar-refractivity contribution is -0.141. The maximum absolute atomic E-state index is 13.5. The van der Waals surface area contributed by atoms with Crippen molar-refractivity contribution in [1.29, 1.82) is 0 Å². The number of ether oxygens (including phenoxy) is 2. The number of hydrogen-bond donors (Lipinski definition) is 1. The van der Waals surface area contributed by atoms with Gasteiger partial charge in [-0.25, -0.2) is 8.42 Å². The number of halogens is 1. The Morgan fingerprint density at radius 2 is 1.79 bits per heavy atom. The summed E-state index contributed by atoms with van der Waals surface area (Å²) in [5.41, 5.74) is 1.16. The SMILES string of the molecule is CCC(C)NC(=O)C(CC)N(Cc1ccccc1Cl)C(=O)CCCN(c1ccc2c(c1)OCO2)S(C)(=O)=O. The largest absolute Gasteiger partial charge is 0.454 e. The number of hydrogen-bond acceptors (Lipinski definition) is 6. The fourth-order valence-electron chi connectivity index (χ4n) is 4.22. The van der Waals surface area contributed by atoms with Crippen LogP contribution in [0.2, 0.25) is 5.02 Å². The van der Waals surface area contributed by atoms with E-state index in [1.54, 1.807) is 35.2 Å². The van der Waals surface area contributed by atoms with Gasteiger partial charge in [0.25, 0.3) is 0 Å². The number of carbonyl (C=O) groups excluding carboxylic acids is 2. The summed E-state index contributed by atoms with van der Waals surface area (Å²) in [5, 5.41) is 3.48. The molecule has 0 bridgehead atoms. The maximum atomic E-state index is 13.5. The van der Waals surface area contributed by atoms with Crippen LogP contribution in [-0.4, -0.2) is 56.8 Å². The van der Waals surface area contributed by atoms with Crippen LogP contribution in [0.25, 0.3) is 0 Å². The van der Waals surface area contributed by atoms with Gasteiger partial charge >= 0.3 is 0 Å². The lowest BCUT2D eigenvalue weighted by Gasteiger charge is -2.32. The highest BCUT2D eigenvalue weighted by atomic mass is 35.5. The zero-order valence-corrected chi connectivity index (χ0v) is 23.8. The summed E-state index contributed by atoms with van der Waals surface area (Å²) in [6.45, 7) is 6.09. The molecule has 0 spiro atoms. The van der Waals surface area contributed by atoms with E-state index in [1.807, 2.05) is 32.9 Å². The van der Waals surface area contributed by atoms with E-state index in [0.717, 1.165) is 18.2 Å². The summed E-state index contributed by atoms with van der Waals surface area (Å²) in [4.78, 5) is 28.2. The Bertz CT molecular complexity index is 1240. The minimum atomic E-state index is -3.63. The number of nitrogens with zero attached hydrogens (tertiary/aromatic N) is 2. The predicted octanol–water partition coefficient (Wildman–Crippen LogP) is 4.34. The summed E-state index contributed by atoms with van der Waals surface area (Å²) in [7, 11) is -3.63. The molecule has 9 nitrogen and oxygen atoms in total. The summed E-state index contributed by atoms with van der Waals surface area (Å²) in [5.74, 6) is 0.542. The predicted molar refractivity (Wildman–Crippen MR) is 148 cm³/mol. The van der Waals surface area contributed by atoms with Gasteiger partial charge < -0.3 is 19.7 Å². The highest BCUT2D eigenvalue weighted by Gasteiger charge is 2.30. The fraction of sp³-hybridized carbons (Fsp3) is 0.481. The Labute approximate surface area is 230 Å². The van der Waals surface area contributed by atoms with Gasteiger partial charge in [0.1, 0.15) is 6.04 Å². The molecule has 0 saturated heterocycles. The van der Waals surface area contributed by atoms with E-state index in [9.17, 15) is 18.0 Å². The van der Waals surface area contributed by atoms with Gasteiger partial charge in [-0.05, 0) is 49.9 Å². The highest BCUT2D eigenvalue weighted by Crippen LogP contribution is 2.36. The van der Waals surface area contributed by atoms with Gasteiger partial charge in [-0.2, -0.15) is 0 Å². The first-order valence-electron chi connectivity index (χ1n) is 12.8. The van der Waals surface area contributed by atoms with Crippen molar-refractivity contribution in [2.24, 2.45) is 0 Å². The molecule has 1 heterocycles. The van der Waals surface area contributed by atoms with Gasteiger partial charge in [-0.3, -0.25) is 13.9 Å². The molecule has 2 unspecified atom stereocenters. The van der Waals surface area contributed by atoms with Crippen LogP contribution >= 0.6 is 11.6 Å². The van der Waals surface area contributed by atoms with Crippen molar-refractivity contribution >= 4 is 39.1 Å². The minimum absolute atomic E-state index is 0.0289. The van der Waals surface area contributed by atoms with Crippen LogP contribution in [0.15, 0.2) is 42.5 Å². The lowest BCUT2D eigenvalue weighted by atomic mass is 10.1. The van der Waals surface area contributed by atoms with E-state index in [2.05, 4.69) is 5.32 Å². The average molecular weight is 566 g/mol. The molecular formula is C27H36ClN3O6S. The molecule has 0 radical (unpaired) electrons. The number of sulfonamides is 1. The molecule has 208 valence electrons. The summed E-state index contributed by atoms with van der Waals surface area (Å²) < 4.78 is 37.1. The molecule has 1 N–H and O–H groups in total. The van der Waals surface area contributed by atoms with Crippen LogP contribution in [0.5, 0.6) is 11.5 Å². The molecular weight excluding hydrogens is 530 g/mol. The third kappa shape index (κ3) is 7.54. The summed E-state index contributed by atoms with van der Waals surface area (Å²) >= 11 is 6.38. The van der Waals surface area contributed by atoms with Gasteiger partial charge in [0.2, 0.25) is 28.6 Å². The van der Waals surface area contributed by atoms with Crippen molar-refractivity contribution in [3.8, 4) is 11.5 Å². The van der Waals surface area contributed by atoms with Gasteiger partial charge in [-0.15, -0.1) is 0 Å². The molecule has 0 fully saturated rings. The van der Waals surface area contributed by atoms with E-state index in [-0.39, 0.29) is 50.6 Å². The highest BCUT2D eigenvalue weighted by molar-refractivity contribution is 7.92. The lowest BCUT2D eigenvalue weighted by Crippen LogP contribution is -2.50. The van der Waals surface area contributed by atoms with E-state index in [4.69, 9.17) is 21.1 Å². The van der Waals surface area contributed by atoms with Gasteiger partial charge in [0.05, 0.1) is 11.9 Å². The number of fused-ring (bicyclic) bond motifs is 1. The zero-order chi connectivity index (χ0) is 27.9. The molecule has 1 aliphatic heterocycles. The first-order chi connectivity index (χ1) is 18.0. The van der Waals surface area contributed by atoms with Crippen LogP contribution in [0.1, 0.15) is 52.0 Å². The average Bonchev–Trinajstić information content (AvgIpc) is 3.34. The second-order valence-electron chi connectivity index (χ2n) is 9.33. The van der Waals surface area contributed by atoms with Crippen LogP contribution in [0.3, 0.4) is 0 Å². The molecule has 0 saturated carbocycles. The van der Waals surface area contributed by atoms with Crippen molar-refractivity contribution in [3.63, 3.8) is 0 Å². The van der Waals surface area contributed by atoms with Crippen LogP contribution in [0, 0.1) is 0 Å². The van der Waals surface area contributed by atoms with Crippen molar-refractivity contribution in [2.45, 2.75) is 65.1 Å². The first-order valence-corrected chi connectivity index (χ1v) is 15.0. The molecule has 2 amide bonds. The van der Waals surface area contributed by atoms with Crippen molar-refractivity contribution in [2.75, 3.05) is 23.9 Å². The maximum Gasteiger partial charge on any atom is 0.243 e.